The SMILES string of the molecule is NC1CC(=NC(=O)C(NSc2ccc3cc(OC4CCCC4)ccc3c2)C(F)(F)c2ccc(-c3ccccc3)cc2)C2CCC2C1. The van der Waals surface area contributed by atoms with Crippen molar-refractivity contribution in [2.75, 3.05) is 0 Å². The summed E-state index contributed by atoms with van der Waals surface area (Å²) in [4.78, 5) is 18.8. The summed E-state index contributed by atoms with van der Waals surface area (Å²) in [5.74, 6) is -2.99. The fourth-order valence-electron chi connectivity index (χ4n) is 7.14. The molecule has 3 N–H and O–H groups in total. The summed E-state index contributed by atoms with van der Waals surface area (Å²) in [6.07, 6.45) is 8.19. The Labute approximate surface area is 273 Å². The van der Waals surface area contributed by atoms with Gasteiger partial charge in [-0.05, 0) is 109 Å². The molecule has 0 heterocycles. The summed E-state index contributed by atoms with van der Waals surface area (Å²) < 4.78 is 41.8. The van der Waals surface area contributed by atoms with Crippen LogP contribution in [0.3, 0.4) is 0 Å². The Morgan fingerprint density at radius 1 is 0.891 bits per heavy atom. The molecule has 3 aliphatic carbocycles. The Balaban J connectivity index is 1.14. The van der Waals surface area contributed by atoms with Crippen LogP contribution in [0.2, 0.25) is 0 Å². The predicted molar refractivity (Wildman–Crippen MR) is 181 cm³/mol. The van der Waals surface area contributed by atoms with E-state index in [9.17, 15) is 4.79 Å². The zero-order chi connectivity index (χ0) is 31.7. The Kier molecular flexibility index (Phi) is 8.95. The van der Waals surface area contributed by atoms with Crippen molar-refractivity contribution in [1.29, 1.82) is 0 Å². The number of hydrogen-bond acceptors (Lipinski definition) is 5. The van der Waals surface area contributed by atoms with E-state index in [-0.39, 0.29) is 23.6 Å². The van der Waals surface area contributed by atoms with Gasteiger partial charge in [0.05, 0.1) is 6.10 Å². The van der Waals surface area contributed by atoms with Gasteiger partial charge in [-0.25, -0.2) is 9.71 Å². The number of nitrogens with zero attached hydrogens (tertiary/aromatic N) is 1. The van der Waals surface area contributed by atoms with E-state index in [0.29, 0.717) is 18.1 Å². The topological polar surface area (TPSA) is 76.7 Å². The minimum atomic E-state index is -3.53. The number of rotatable bonds is 9. The average molecular weight is 640 g/mol. The zero-order valence-corrected chi connectivity index (χ0v) is 26.5. The third kappa shape index (κ3) is 6.61. The number of amides is 1. The van der Waals surface area contributed by atoms with E-state index in [0.717, 1.165) is 76.6 Å². The van der Waals surface area contributed by atoms with Crippen LogP contribution >= 0.6 is 11.9 Å². The van der Waals surface area contributed by atoms with Crippen molar-refractivity contribution in [2.24, 2.45) is 22.6 Å². The van der Waals surface area contributed by atoms with E-state index in [1.807, 2.05) is 66.7 Å². The number of nitrogens with two attached hydrogens (primary N) is 1. The van der Waals surface area contributed by atoms with E-state index >= 15 is 8.78 Å². The average Bonchev–Trinajstić information content (AvgIpc) is 3.56. The number of alkyl halides is 2. The second-order valence-electron chi connectivity index (χ2n) is 13.0. The Morgan fingerprint density at radius 2 is 1.61 bits per heavy atom. The first kappa shape index (κ1) is 31.0. The van der Waals surface area contributed by atoms with Gasteiger partial charge in [-0.1, -0.05) is 66.7 Å². The second kappa shape index (κ2) is 13.3. The van der Waals surface area contributed by atoms with Gasteiger partial charge in [-0.3, -0.25) is 4.79 Å². The molecule has 0 saturated heterocycles. The van der Waals surface area contributed by atoms with Crippen LogP contribution < -0.4 is 15.2 Å². The van der Waals surface area contributed by atoms with E-state index in [4.69, 9.17) is 10.5 Å². The summed E-state index contributed by atoms with van der Waals surface area (Å²) in [6.45, 7) is 0. The molecular weight excluding hydrogens is 601 g/mol. The Bertz CT molecular complexity index is 1720. The van der Waals surface area contributed by atoms with Gasteiger partial charge in [-0.2, -0.15) is 8.78 Å². The highest BCUT2D eigenvalue weighted by Gasteiger charge is 2.47. The number of hydrogen-bond donors (Lipinski definition) is 2. The maximum Gasteiger partial charge on any atom is 0.298 e. The molecule has 0 radical (unpaired) electrons. The quantitative estimate of drug-likeness (QED) is 0.179. The molecule has 3 saturated carbocycles. The van der Waals surface area contributed by atoms with Crippen molar-refractivity contribution in [3.05, 3.63) is 96.6 Å². The van der Waals surface area contributed by atoms with Gasteiger partial charge in [0.2, 0.25) is 0 Å². The van der Waals surface area contributed by atoms with E-state index in [1.54, 1.807) is 12.1 Å². The molecule has 0 bridgehead atoms. The Morgan fingerprint density at radius 3 is 2.35 bits per heavy atom. The molecule has 46 heavy (non-hydrogen) atoms. The lowest BCUT2D eigenvalue weighted by Crippen LogP contribution is -2.48. The lowest BCUT2D eigenvalue weighted by molar-refractivity contribution is -0.130. The molecule has 3 fully saturated rings. The van der Waals surface area contributed by atoms with Crippen LogP contribution in [0.5, 0.6) is 5.75 Å². The van der Waals surface area contributed by atoms with Gasteiger partial charge in [0.15, 0.2) is 6.04 Å². The molecule has 8 heteroatoms. The van der Waals surface area contributed by atoms with Crippen molar-refractivity contribution in [1.82, 2.24) is 4.72 Å². The largest absolute Gasteiger partial charge is 0.490 e. The van der Waals surface area contributed by atoms with Crippen LogP contribution in [-0.2, 0) is 10.7 Å². The highest BCUT2D eigenvalue weighted by Crippen LogP contribution is 2.43. The highest BCUT2D eigenvalue weighted by atomic mass is 32.2. The standard InChI is InChI=1S/C38H39F2N3O2S/c39-38(40,29-15-10-25(11-16-29)24-6-2-1-3-7-24)36(37(44)42-35-23-30(41)20-28-14-19-34(28)35)43-46-33-18-13-26-21-32(17-12-27(26)22-33)45-31-8-4-5-9-31/h1-3,6-7,10-13,15-18,21-22,28,30-31,34,36,43H,4-5,8-9,14,19-20,23,41H2. The van der Waals surface area contributed by atoms with Crippen molar-refractivity contribution in [2.45, 2.75) is 80.4 Å². The van der Waals surface area contributed by atoms with Crippen LogP contribution in [0.4, 0.5) is 8.78 Å². The van der Waals surface area contributed by atoms with Crippen molar-refractivity contribution in [3.63, 3.8) is 0 Å². The van der Waals surface area contributed by atoms with Crippen LogP contribution in [0.25, 0.3) is 21.9 Å². The van der Waals surface area contributed by atoms with Crippen LogP contribution in [-0.4, -0.2) is 29.8 Å². The maximum atomic E-state index is 16.4. The summed E-state index contributed by atoms with van der Waals surface area (Å²) in [7, 11) is 0. The van der Waals surface area contributed by atoms with E-state index < -0.39 is 17.9 Å². The summed E-state index contributed by atoms with van der Waals surface area (Å²) in [5, 5.41) is 1.97. The second-order valence-corrected chi connectivity index (χ2v) is 13.9. The molecule has 0 spiro atoms. The molecule has 1 amide bonds. The lowest BCUT2D eigenvalue weighted by atomic mass is 9.63. The number of nitrogens with one attached hydrogen (secondary N) is 1. The number of aliphatic imine (C=N–C) groups is 1. The molecule has 5 nitrogen and oxygen atoms in total. The van der Waals surface area contributed by atoms with Crippen molar-refractivity contribution >= 4 is 34.3 Å². The summed E-state index contributed by atoms with van der Waals surface area (Å²) >= 11 is 1.03. The normalized spacial score (nSPS) is 23.2. The number of ether oxygens (including phenoxy) is 1. The van der Waals surface area contributed by atoms with Gasteiger partial charge in [0.1, 0.15) is 5.75 Å². The highest BCUT2D eigenvalue weighted by molar-refractivity contribution is 7.97. The number of benzene rings is 4. The first-order valence-corrected chi connectivity index (χ1v) is 17.2. The number of halogens is 2. The van der Waals surface area contributed by atoms with Gasteiger partial charge in [0.25, 0.3) is 11.8 Å². The minimum Gasteiger partial charge on any atom is -0.490 e. The van der Waals surface area contributed by atoms with Gasteiger partial charge >= 0.3 is 0 Å². The lowest BCUT2D eigenvalue weighted by Gasteiger charge is -2.43. The third-order valence-electron chi connectivity index (χ3n) is 9.85. The zero-order valence-electron chi connectivity index (χ0n) is 25.7. The fourth-order valence-corrected chi connectivity index (χ4v) is 7.97. The smallest absolute Gasteiger partial charge is 0.298 e. The molecule has 7 rings (SSSR count). The molecule has 238 valence electrons. The molecule has 0 aliphatic heterocycles. The van der Waals surface area contributed by atoms with E-state index in [1.165, 1.54) is 25.0 Å². The molecular formula is C38H39F2N3O2S. The number of carbonyl (C=O) groups is 1. The molecule has 0 aromatic heterocycles. The summed E-state index contributed by atoms with van der Waals surface area (Å²) in [5.41, 5.74) is 8.45. The Hall–Kier alpha value is -3.59. The van der Waals surface area contributed by atoms with E-state index in [2.05, 4.69) is 9.71 Å². The van der Waals surface area contributed by atoms with Crippen molar-refractivity contribution in [3.8, 4) is 16.9 Å². The first-order valence-electron chi connectivity index (χ1n) is 16.4. The van der Waals surface area contributed by atoms with Crippen molar-refractivity contribution < 1.29 is 18.3 Å². The monoisotopic (exact) mass is 639 g/mol. The van der Waals surface area contributed by atoms with Gasteiger partial charge in [-0.15, -0.1) is 0 Å². The third-order valence-corrected chi connectivity index (χ3v) is 10.7. The number of fused-ring (bicyclic) bond motifs is 2. The van der Waals surface area contributed by atoms with Crippen LogP contribution in [0.1, 0.15) is 56.9 Å². The molecule has 3 aliphatic rings. The molecule has 4 aromatic carbocycles. The molecule has 4 aromatic rings. The predicted octanol–water partition coefficient (Wildman–Crippen LogP) is 8.70. The maximum absolute atomic E-state index is 16.4. The van der Waals surface area contributed by atoms with Gasteiger partial charge < -0.3 is 10.5 Å². The minimum absolute atomic E-state index is 0.0957. The van der Waals surface area contributed by atoms with Crippen LogP contribution in [0.15, 0.2) is 101 Å². The molecule has 4 unspecified atom stereocenters. The summed E-state index contributed by atoms with van der Waals surface area (Å²) in [6, 6.07) is 25.5. The fraction of sp³-hybridized carbons (Fsp3) is 0.368. The molecule has 4 atom stereocenters. The number of carbonyl (C=O) groups excluding carboxylic acids is 1. The van der Waals surface area contributed by atoms with Crippen LogP contribution in [0, 0.1) is 11.8 Å². The first-order chi connectivity index (χ1) is 22.3. The van der Waals surface area contributed by atoms with Gasteiger partial charge in [0, 0.05) is 34.6 Å².